The van der Waals surface area contributed by atoms with Crippen LogP contribution in [0.5, 0.6) is 0 Å². The van der Waals surface area contributed by atoms with Gasteiger partial charge in [0.05, 0.1) is 0 Å². The van der Waals surface area contributed by atoms with E-state index in [1.807, 2.05) is 26.0 Å². The third-order valence-electron chi connectivity index (χ3n) is 3.10. The van der Waals surface area contributed by atoms with Gasteiger partial charge in [-0.15, -0.1) is 0 Å². The van der Waals surface area contributed by atoms with Crippen LogP contribution in [-0.2, 0) is 6.54 Å². The normalized spacial score (nSPS) is 11.6. The smallest absolute Gasteiger partial charge is 0.159 e. The molecule has 0 aliphatic heterocycles. The van der Waals surface area contributed by atoms with Gasteiger partial charge in [-0.3, -0.25) is 0 Å². The van der Waals surface area contributed by atoms with E-state index in [0.29, 0.717) is 12.1 Å². The van der Waals surface area contributed by atoms with Crippen LogP contribution in [-0.4, -0.2) is 0 Å². The third-order valence-corrected chi connectivity index (χ3v) is 3.10. The van der Waals surface area contributed by atoms with Crippen molar-refractivity contribution in [2.24, 2.45) is 0 Å². The van der Waals surface area contributed by atoms with Crippen LogP contribution in [0.3, 0.4) is 0 Å². The van der Waals surface area contributed by atoms with Gasteiger partial charge in [0.2, 0.25) is 0 Å². The first-order valence-electron chi connectivity index (χ1n) is 7.34. The molecule has 3 heteroatoms. The fraction of sp³-hybridized carbons (Fsp3) is 0.263. The summed E-state index contributed by atoms with van der Waals surface area (Å²) < 4.78 is 26.2. The quantitative estimate of drug-likeness (QED) is 0.663. The summed E-state index contributed by atoms with van der Waals surface area (Å²) in [7, 11) is 0. The predicted octanol–water partition coefficient (Wildman–Crippen LogP) is 5.43. The molecule has 0 spiro atoms. The average molecular weight is 303 g/mol. The summed E-state index contributed by atoms with van der Waals surface area (Å²) in [4.78, 5) is 0. The number of hydrogen-bond acceptors (Lipinski definition) is 1. The Balaban J connectivity index is 2.95. The summed E-state index contributed by atoms with van der Waals surface area (Å²) in [6.45, 7) is 10.2. The molecule has 0 heterocycles. The van der Waals surface area contributed by atoms with Gasteiger partial charge < -0.3 is 5.32 Å². The van der Waals surface area contributed by atoms with E-state index in [9.17, 15) is 8.78 Å². The number of nitrogens with one attached hydrogen (secondary N) is 1. The van der Waals surface area contributed by atoms with Crippen LogP contribution in [0.2, 0.25) is 0 Å². The molecule has 0 aliphatic carbocycles. The molecule has 0 amide bonds. The second-order valence-corrected chi connectivity index (χ2v) is 5.14. The average Bonchev–Trinajstić information content (AvgIpc) is 2.48. The molecule has 1 N–H and O–H groups in total. The minimum atomic E-state index is -0.827. The topological polar surface area (TPSA) is 12.0 Å². The minimum Gasteiger partial charge on any atom is -0.381 e. The molecule has 0 atom stereocenters. The molecule has 1 rings (SSSR count). The molecule has 0 unspecified atom stereocenters. The predicted molar refractivity (Wildman–Crippen MR) is 89.3 cm³/mol. The van der Waals surface area contributed by atoms with E-state index < -0.39 is 11.6 Å². The first-order valence-corrected chi connectivity index (χ1v) is 7.34. The van der Waals surface area contributed by atoms with Gasteiger partial charge in [-0.25, -0.2) is 8.78 Å². The standard InChI is InChI=1S/C19H23F2N/c1-5-7-9-16(14(3)4)19(8-6-2)22-13-15-10-11-17(20)18(21)12-15/h5,7-12,22H,1,6,13H2,2-4H3/b9-7-,19-8+. The molecule has 0 fully saturated rings. The highest BCUT2D eigenvalue weighted by Crippen LogP contribution is 2.17. The largest absolute Gasteiger partial charge is 0.381 e. The minimum absolute atomic E-state index is 0.432. The van der Waals surface area contributed by atoms with Crippen LogP contribution < -0.4 is 5.32 Å². The van der Waals surface area contributed by atoms with Crippen molar-refractivity contribution >= 4 is 0 Å². The highest BCUT2D eigenvalue weighted by atomic mass is 19.2. The molecule has 0 saturated heterocycles. The van der Waals surface area contributed by atoms with Crippen molar-refractivity contribution in [1.29, 1.82) is 0 Å². The van der Waals surface area contributed by atoms with Gasteiger partial charge in [-0.05, 0) is 43.5 Å². The molecule has 0 bridgehead atoms. The summed E-state index contributed by atoms with van der Waals surface area (Å²) in [5.41, 5.74) is 3.91. The summed E-state index contributed by atoms with van der Waals surface area (Å²) in [6.07, 6.45) is 8.55. The highest BCUT2D eigenvalue weighted by Gasteiger charge is 2.06. The van der Waals surface area contributed by atoms with Gasteiger partial charge in [-0.2, -0.15) is 0 Å². The van der Waals surface area contributed by atoms with E-state index in [4.69, 9.17) is 0 Å². The maximum atomic E-state index is 13.3. The van der Waals surface area contributed by atoms with Crippen molar-refractivity contribution in [3.63, 3.8) is 0 Å². The van der Waals surface area contributed by atoms with E-state index in [1.54, 1.807) is 12.1 Å². The lowest BCUT2D eigenvalue weighted by Gasteiger charge is -2.14. The van der Waals surface area contributed by atoms with E-state index >= 15 is 0 Å². The molecule has 1 aromatic carbocycles. The van der Waals surface area contributed by atoms with Crippen LogP contribution in [0.1, 0.15) is 32.8 Å². The molecule has 118 valence electrons. The van der Waals surface area contributed by atoms with Crippen molar-refractivity contribution in [2.45, 2.75) is 33.7 Å². The molecule has 22 heavy (non-hydrogen) atoms. The Morgan fingerprint density at radius 1 is 1.23 bits per heavy atom. The van der Waals surface area contributed by atoms with Crippen LogP contribution in [0, 0.1) is 11.6 Å². The van der Waals surface area contributed by atoms with Gasteiger partial charge in [0.15, 0.2) is 11.6 Å². The maximum absolute atomic E-state index is 13.3. The van der Waals surface area contributed by atoms with Crippen LogP contribution in [0.4, 0.5) is 8.78 Å². The Bertz CT molecular complexity index is 606. The van der Waals surface area contributed by atoms with Crippen LogP contribution in [0.15, 0.2) is 65.9 Å². The highest BCUT2D eigenvalue weighted by molar-refractivity contribution is 5.42. The molecule has 0 aromatic heterocycles. The Morgan fingerprint density at radius 2 is 1.95 bits per heavy atom. The van der Waals surface area contributed by atoms with E-state index in [1.165, 1.54) is 6.07 Å². The van der Waals surface area contributed by atoms with Crippen molar-refractivity contribution in [2.75, 3.05) is 0 Å². The zero-order valence-corrected chi connectivity index (χ0v) is 13.4. The molecule has 0 saturated carbocycles. The second kappa shape index (κ2) is 8.98. The van der Waals surface area contributed by atoms with Crippen molar-refractivity contribution in [3.8, 4) is 0 Å². The van der Waals surface area contributed by atoms with E-state index in [-0.39, 0.29) is 0 Å². The van der Waals surface area contributed by atoms with Crippen LogP contribution in [0.25, 0.3) is 0 Å². The Hall–Kier alpha value is -2.16. The molecule has 1 aromatic rings. The van der Waals surface area contributed by atoms with Gasteiger partial charge in [0.1, 0.15) is 0 Å². The SMILES string of the molecule is C=C/C=C\C(=C(C)C)/C(=C\CC)NCc1ccc(F)c(F)c1. The van der Waals surface area contributed by atoms with Crippen molar-refractivity contribution < 1.29 is 8.78 Å². The van der Waals surface area contributed by atoms with Crippen molar-refractivity contribution in [1.82, 2.24) is 5.32 Å². The lowest BCUT2D eigenvalue weighted by molar-refractivity contribution is 0.506. The lowest BCUT2D eigenvalue weighted by atomic mass is 10.0. The number of halogens is 2. The molecule has 1 nitrogen and oxygen atoms in total. The number of allylic oxidation sites excluding steroid dienone is 5. The summed E-state index contributed by atoms with van der Waals surface area (Å²) in [5.74, 6) is -1.65. The monoisotopic (exact) mass is 303 g/mol. The summed E-state index contributed by atoms with van der Waals surface area (Å²) in [6, 6.07) is 3.94. The van der Waals surface area contributed by atoms with E-state index in [0.717, 1.165) is 29.3 Å². The summed E-state index contributed by atoms with van der Waals surface area (Å²) in [5, 5.41) is 3.30. The Labute approximate surface area is 131 Å². The second-order valence-electron chi connectivity index (χ2n) is 5.14. The van der Waals surface area contributed by atoms with Gasteiger partial charge in [-0.1, -0.05) is 49.4 Å². The van der Waals surface area contributed by atoms with E-state index in [2.05, 4.69) is 24.9 Å². The number of benzene rings is 1. The zero-order chi connectivity index (χ0) is 16.5. The number of hydrogen-bond donors (Lipinski definition) is 1. The summed E-state index contributed by atoms with van der Waals surface area (Å²) >= 11 is 0. The zero-order valence-electron chi connectivity index (χ0n) is 13.4. The van der Waals surface area contributed by atoms with Crippen LogP contribution >= 0.6 is 0 Å². The Morgan fingerprint density at radius 3 is 2.50 bits per heavy atom. The van der Waals surface area contributed by atoms with Gasteiger partial charge in [0, 0.05) is 12.2 Å². The molecule has 0 aliphatic rings. The number of rotatable bonds is 7. The first-order chi connectivity index (χ1) is 10.5. The first kappa shape index (κ1) is 17.9. The van der Waals surface area contributed by atoms with Gasteiger partial charge in [0.25, 0.3) is 0 Å². The van der Waals surface area contributed by atoms with Crippen molar-refractivity contribution in [3.05, 3.63) is 83.1 Å². The lowest BCUT2D eigenvalue weighted by Crippen LogP contribution is -2.15. The Kier molecular flexibility index (Phi) is 7.30. The fourth-order valence-electron chi connectivity index (χ4n) is 2.02. The molecule has 0 radical (unpaired) electrons. The third kappa shape index (κ3) is 5.32. The van der Waals surface area contributed by atoms with Gasteiger partial charge >= 0.3 is 0 Å². The fourth-order valence-corrected chi connectivity index (χ4v) is 2.02. The molecular formula is C19H23F2N. The molecular weight excluding hydrogens is 280 g/mol. The maximum Gasteiger partial charge on any atom is 0.159 e.